The van der Waals surface area contributed by atoms with Crippen molar-refractivity contribution in [2.24, 2.45) is 0 Å². The van der Waals surface area contributed by atoms with Crippen LogP contribution in [0.4, 0.5) is 0 Å². The SMILES string of the molecule is Cl.c1nc2c(ccc3[nH]cnc32)[nH]1. The Hall–Kier alpha value is -1.55. The zero-order valence-electron chi connectivity index (χ0n) is 6.61. The van der Waals surface area contributed by atoms with Crippen LogP contribution in [0.3, 0.4) is 0 Å². The molecule has 2 N–H and O–H groups in total. The number of hydrogen-bond acceptors (Lipinski definition) is 2. The summed E-state index contributed by atoms with van der Waals surface area (Å²) >= 11 is 0. The van der Waals surface area contributed by atoms with Gasteiger partial charge in [0.05, 0.1) is 23.7 Å². The molecule has 0 fully saturated rings. The number of fused-ring (bicyclic) bond motifs is 3. The van der Waals surface area contributed by atoms with Gasteiger partial charge in [0.25, 0.3) is 0 Å². The standard InChI is InChI=1S/C8H6N4.ClH/c1-2-6-8(12-4-10-6)7-5(1)9-3-11-7;/h1-4H,(H,9,11)(H,10,12);1H. The number of rotatable bonds is 0. The summed E-state index contributed by atoms with van der Waals surface area (Å²) in [5, 5.41) is 0. The average Bonchev–Trinajstić information content (AvgIpc) is 2.71. The van der Waals surface area contributed by atoms with Crippen LogP contribution in [-0.4, -0.2) is 19.9 Å². The molecule has 0 aliphatic carbocycles. The van der Waals surface area contributed by atoms with Gasteiger partial charge in [-0.2, -0.15) is 0 Å². The summed E-state index contributed by atoms with van der Waals surface area (Å²) in [6.45, 7) is 0. The number of imidazole rings is 2. The maximum Gasteiger partial charge on any atom is 0.116 e. The fraction of sp³-hybridized carbons (Fsp3) is 0. The summed E-state index contributed by atoms with van der Waals surface area (Å²) in [5.74, 6) is 0. The first kappa shape index (κ1) is 8.07. The molecule has 0 spiro atoms. The molecule has 4 nitrogen and oxygen atoms in total. The Labute approximate surface area is 79.8 Å². The van der Waals surface area contributed by atoms with Crippen LogP contribution in [0.2, 0.25) is 0 Å². The van der Waals surface area contributed by atoms with E-state index in [1.165, 1.54) is 0 Å². The van der Waals surface area contributed by atoms with Gasteiger partial charge in [0.15, 0.2) is 0 Å². The summed E-state index contributed by atoms with van der Waals surface area (Å²) in [6, 6.07) is 3.98. The third-order valence-corrected chi connectivity index (χ3v) is 1.98. The van der Waals surface area contributed by atoms with Crippen molar-refractivity contribution in [2.75, 3.05) is 0 Å². The number of nitrogens with one attached hydrogen (secondary N) is 2. The zero-order valence-corrected chi connectivity index (χ0v) is 7.43. The smallest absolute Gasteiger partial charge is 0.116 e. The lowest BCUT2D eigenvalue weighted by atomic mass is 10.3. The first-order valence-corrected chi connectivity index (χ1v) is 3.70. The summed E-state index contributed by atoms with van der Waals surface area (Å²) in [4.78, 5) is 14.4. The van der Waals surface area contributed by atoms with Crippen molar-refractivity contribution in [3.8, 4) is 0 Å². The summed E-state index contributed by atoms with van der Waals surface area (Å²) in [5.41, 5.74) is 3.90. The molecular formula is C8H7ClN4. The van der Waals surface area contributed by atoms with Crippen LogP contribution in [0.5, 0.6) is 0 Å². The second-order valence-corrected chi connectivity index (χ2v) is 2.66. The molecule has 0 aliphatic rings. The van der Waals surface area contributed by atoms with Crippen molar-refractivity contribution in [2.45, 2.75) is 0 Å². The number of aromatic amines is 2. The first-order valence-electron chi connectivity index (χ1n) is 3.70. The Bertz CT molecular complexity index is 489. The summed E-state index contributed by atoms with van der Waals surface area (Å²) in [6.07, 6.45) is 3.36. The van der Waals surface area contributed by atoms with E-state index < -0.39 is 0 Å². The van der Waals surface area contributed by atoms with E-state index in [4.69, 9.17) is 0 Å². The number of benzene rings is 1. The Morgan fingerprint density at radius 1 is 0.846 bits per heavy atom. The van der Waals surface area contributed by atoms with Gasteiger partial charge >= 0.3 is 0 Å². The van der Waals surface area contributed by atoms with Crippen LogP contribution >= 0.6 is 12.4 Å². The molecule has 0 unspecified atom stereocenters. The van der Waals surface area contributed by atoms with Gasteiger partial charge in [-0.05, 0) is 12.1 Å². The molecule has 0 saturated heterocycles. The molecule has 0 aliphatic heterocycles. The van der Waals surface area contributed by atoms with Crippen LogP contribution in [0, 0.1) is 0 Å². The predicted molar refractivity (Wildman–Crippen MR) is 53.0 cm³/mol. The van der Waals surface area contributed by atoms with Gasteiger partial charge in [-0.15, -0.1) is 12.4 Å². The van der Waals surface area contributed by atoms with Crippen molar-refractivity contribution in [1.29, 1.82) is 0 Å². The lowest BCUT2D eigenvalue weighted by molar-refractivity contribution is 1.33. The van der Waals surface area contributed by atoms with Crippen molar-refractivity contribution in [3.63, 3.8) is 0 Å². The average molecular weight is 195 g/mol. The van der Waals surface area contributed by atoms with Gasteiger partial charge in [0.2, 0.25) is 0 Å². The van der Waals surface area contributed by atoms with Crippen molar-refractivity contribution < 1.29 is 0 Å². The van der Waals surface area contributed by atoms with Crippen LogP contribution in [-0.2, 0) is 0 Å². The minimum Gasteiger partial charge on any atom is -0.345 e. The lowest BCUT2D eigenvalue weighted by Crippen LogP contribution is -1.72. The van der Waals surface area contributed by atoms with E-state index in [9.17, 15) is 0 Å². The second-order valence-electron chi connectivity index (χ2n) is 2.66. The van der Waals surface area contributed by atoms with Gasteiger partial charge in [0.1, 0.15) is 11.0 Å². The van der Waals surface area contributed by atoms with E-state index in [2.05, 4.69) is 19.9 Å². The molecule has 1 aromatic carbocycles. The molecule has 5 heteroatoms. The van der Waals surface area contributed by atoms with E-state index in [1.54, 1.807) is 12.7 Å². The topological polar surface area (TPSA) is 57.4 Å². The Kier molecular flexibility index (Phi) is 1.70. The maximum absolute atomic E-state index is 4.18. The molecule has 66 valence electrons. The third kappa shape index (κ3) is 0.990. The van der Waals surface area contributed by atoms with Gasteiger partial charge in [-0.1, -0.05) is 0 Å². The summed E-state index contributed by atoms with van der Waals surface area (Å²) < 4.78 is 0. The van der Waals surface area contributed by atoms with E-state index in [-0.39, 0.29) is 12.4 Å². The molecule has 3 aromatic rings. The fourth-order valence-electron chi connectivity index (χ4n) is 1.41. The summed E-state index contributed by atoms with van der Waals surface area (Å²) in [7, 11) is 0. The van der Waals surface area contributed by atoms with Crippen LogP contribution in [0.25, 0.3) is 22.1 Å². The Morgan fingerprint density at radius 3 is 1.77 bits per heavy atom. The normalized spacial score (nSPS) is 10.5. The van der Waals surface area contributed by atoms with Crippen molar-refractivity contribution in [3.05, 3.63) is 24.8 Å². The van der Waals surface area contributed by atoms with E-state index in [0.29, 0.717) is 0 Å². The number of hydrogen-bond donors (Lipinski definition) is 2. The monoisotopic (exact) mass is 194 g/mol. The number of aromatic nitrogens is 4. The molecule has 0 atom stereocenters. The minimum atomic E-state index is 0. The molecule has 2 aromatic heterocycles. The molecule has 13 heavy (non-hydrogen) atoms. The largest absolute Gasteiger partial charge is 0.345 e. The van der Waals surface area contributed by atoms with Gasteiger partial charge in [-0.25, -0.2) is 9.97 Å². The number of halogens is 1. The quantitative estimate of drug-likeness (QED) is 0.574. The highest BCUT2D eigenvalue weighted by atomic mass is 35.5. The van der Waals surface area contributed by atoms with Crippen molar-refractivity contribution >= 4 is 34.5 Å². The first-order chi connectivity index (χ1) is 5.95. The van der Waals surface area contributed by atoms with E-state index >= 15 is 0 Å². The highest BCUT2D eigenvalue weighted by molar-refractivity contribution is 5.99. The highest BCUT2D eigenvalue weighted by Gasteiger charge is 2.02. The van der Waals surface area contributed by atoms with Crippen LogP contribution in [0.15, 0.2) is 24.8 Å². The second kappa shape index (κ2) is 2.74. The predicted octanol–water partition coefficient (Wildman–Crippen LogP) is 1.86. The lowest BCUT2D eigenvalue weighted by Gasteiger charge is -1.88. The fourth-order valence-corrected chi connectivity index (χ4v) is 1.41. The minimum absolute atomic E-state index is 0. The van der Waals surface area contributed by atoms with Crippen molar-refractivity contribution in [1.82, 2.24) is 19.9 Å². The van der Waals surface area contributed by atoms with Gasteiger partial charge in [-0.3, -0.25) is 0 Å². The number of nitrogens with zero attached hydrogens (tertiary/aromatic N) is 2. The van der Waals surface area contributed by atoms with E-state index in [0.717, 1.165) is 22.1 Å². The molecule has 0 bridgehead atoms. The maximum atomic E-state index is 4.18. The number of H-pyrrole nitrogens is 2. The molecule has 0 saturated carbocycles. The zero-order chi connectivity index (χ0) is 7.97. The Balaban J connectivity index is 0.000000653. The molecule has 0 amide bonds. The molecule has 3 rings (SSSR count). The van der Waals surface area contributed by atoms with Crippen LogP contribution < -0.4 is 0 Å². The Morgan fingerprint density at radius 2 is 1.31 bits per heavy atom. The molecule has 2 heterocycles. The third-order valence-electron chi connectivity index (χ3n) is 1.98. The molecular weight excluding hydrogens is 188 g/mol. The van der Waals surface area contributed by atoms with E-state index in [1.807, 2.05) is 12.1 Å². The van der Waals surface area contributed by atoms with Gasteiger partial charge < -0.3 is 9.97 Å². The molecule has 0 radical (unpaired) electrons. The van der Waals surface area contributed by atoms with Gasteiger partial charge in [0, 0.05) is 0 Å². The van der Waals surface area contributed by atoms with Crippen LogP contribution in [0.1, 0.15) is 0 Å². The highest BCUT2D eigenvalue weighted by Crippen LogP contribution is 2.18.